The Morgan fingerprint density at radius 2 is 2.17 bits per heavy atom. The number of nitrogen functional groups attached to an aromatic ring is 1. The van der Waals surface area contributed by atoms with Gasteiger partial charge in [-0.1, -0.05) is 13.8 Å². The van der Waals surface area contributed by atoms with Gasteiger partial charge in [-0.25, -0.2) is 9.97 Å². The maximum atomic E-state index is 12.2. The molecule has 6 heteroatoms. The molecule has 0 bridgehead atoms. The molecule has 0 aliphatic carbocycles. The Morgan fingerprint density at radius 1 is 1.44 bits per heavy atom. The molecule has 1 amide bonds. The summed E-state index contributed by atoms with van der Waals surface area (Å²) in [6.07, 6.45) is 2.79. The minimum absolute atomic E-state index is 0.145. The van der Waals surface area contributed by atoms with Crippen LogP contribution in [0.3, 0.4) is 0 Å². The van der Waals surface area contributed by atoms with Gasteiger partial charge in [-0.05, 0) is 5.92 Å². The van der Waals surface area contributed by atoms with E-state index >= 15 is 0 Å². The van der Waals surface area contributed by atoms with E-state index in [1.807, 2.05) is 0 Å². The van der Waals surface area contributed by atoms with Crippen molar-refractivity contribution in [1.29, 1.82) is 0 Å². The second-order valence-corrected chi connectivity index (χ2v) is 4.46. The molecule has 0 saturated carbocycles. The average molecular weight is 252 g/mol. The van der Waals surface area contributed by atoms with Crippen LogP contribution in [0.1, 0.15) is 24.3 Å². The van der Waals surface area contributed by atoms with Gasteiger partial charge in [0.1, 0.15) is 11.5 Å². The fraction of sp³-hybridized carbons (Fsp3) is 0.583. The van der Waals surface area contributed by atoms with E-state index in [1.54, 1.807) is 12.0 Å². The Labute approximate surface area is 107 Å². The Kier molecular flexibility index (Phi) is 5.51. The molecule has 100 valence electrons. The molecule has 0 aliphatic rings. The Morgan fingerprint density at radius 3 is 2.67 bits per heavy atom. The summed E-state index contributed by atoms with van der Waals surface area (Å²) in [4.78, 5) is 21.8. The molecule has 0 fully saturated rings. The van der Waals surface area contributed by atoms with E-state index in [4.69, 9.17) is 10.5 Å². The van der Waals surface area contributed by atoms with E-state index in [0.29, 0.717) is 37.1 Å². The summed E-state index contributed by atoms with van der Waals surface area (Å²) in [5.41, 5.74) is 5.75. The van der Waals surface area contributed by atoms with E-state index < -0.39 is 0 Å². The number of rotatable bonds is 6. The molecule has 18 heavy (non-hydrogen) atoms. The molecule has 6 nitrogen and oxygen atoms in total. The van der Waals surface area contributed by atoms with Crippen LogP contribution in [0.4, 0.5) is 5.82 Å². The van der Waals surface area contributed by atoms with Crippen molar-refractivity contribution >= 4 is 11.7 Å². The number of hydrogen-bond donors (Lipinski definition) is 1. The molecule has 1 heterocycles. The van der Waals surface area contributed by atoms with Crippen LogP contribution in [0.2, 0.25) is 0 Å². The summed E-state index contributed by atoms with van der Waals surface area (Å²) in [5.74, 6) is 0.541. The Hall–Kier alpha value is -1.69. The number of nitrogens with two attached hydrogens (primary N) is 1. The van der Waals surface area contributed by atoms with E-state index in [1.165, 1.54) is 12.4 Å². The number of aromatic nitrogens is 2. The zero-order valence-corrected chi connectivity index (χ0v) is 11.1. The van der Waals surface area contributed by atoms with Gasteiger partial charge in [0.05, 0.1) is 19.0 Å². The van der Waals surface area contributed by atoms with Crippen molar-refractivity contribution in [3.05, 3.63) is 18.1 Å². The fourth-order valence-corrected chi connectivity index (χ4v) is 1.53. The molecule has 2 N–H and O–H groups in total. The normalized spacial score (nSPS) is 10.7. The van der Waals surface area contributed by atoms with Crippen LogP contribution >= 0.6 is 0 Å². The van der Waals surface area contributed by atoms with Crippen molar-refractivity contribution in [3.63, 3.8) is 0 Å². The maximum absolute atomic E-state index is 12.2. The van der Waals surface area contributed by atoms with Crippen molar-refractivity contribution < 1.29 is 9.53 Å². The SMILES string of the molecule is COCCN(CC(C)C)C(=O)c1cnc(N)cn1. The summed E-state index contributed by atoms with van der Waals surface area (Å²) in [6, 6.07) is 0. The lowest BCUT2D eigenvalue weighted by Crippen LogP contribution is -2.37. The number of methoxy groups -OCH3 is 1. The lowest BCUT2D eigenvalue weighted by molar-refractivity contribution is 0.0666. The van der Waals surface area contributed by atoms with Gasteiger partial charge in [0.2, 0.25) is 0 Å². The van der Waals surface area contributed by atoms with Gasteiger partial charge < -0.3 is 15.4 Å². The highest BCUT2D eigenvalue weighted by Gasteiger charge is 2.18. The fourth-order valence-electron chi connectivity index (χ4n) is 1.53. The number of ether oxygens (including phenoxy) is 1. The molecule has 1 aromatic heterocycles. The second-order valence-electron chi connectivity index (χ2n) is 4.46. The van der Waals surface area contributed by atoms with E-state index in [0.717, 1.165) is 0 Å². The molecule has 0 aliphatic heterocycles. The average Bonchev–Trinajstić information content (AvgIpc) is 2.34. The van der Waals surface area contributed by atoms with Crippen LogP contribution in [-0.2, 0) is 4.74 Å². The van der Waals surface area contributed by atoms with E-state index in [9.17, 15) is 4.79 Å². The molecule has 0 aromatic carbocycles. The van der Waals surface area contributed by atoms with Crippen LogP contribution in [-0.4, -0.2) is 47.6 Å². The van der Waals surface area contributed by atoms with E-state index in [-0.39, 0.29) is 5.91 Å². The Bertz CT molecular complexity index is 378. The topological polar surface area (TPSA) is 81.3 Å². The zero-order valence-electron chi connectivity index (χ0n) is 11.1. The summed E-state index contributed by atoms with van der Waals surface area (Å²) in [5, 5.41) is 0. The molecule has 0 spiro atoms. The van der Waals surface area contributed by atoms with Gasteiger partial charge >= 0.3 is 0 Å². The molecular formula is C12H20N4O2. The summed E-state index contributed by atoms with van der Waals surface area (Å²) in [6.45, 7) is 5.82. The van der Waals surface area contributed by atoms with Crippen molar-refractivity contribution in [1.82, 2.24) is 14.9 Å². The van der Waals surface area contributed by atoms with Crippen molar-refractivity contribution in [2.24, 2.45) is 5.92 Å². The number of nitrogens with zero attached hydrogens (tertiary/aromatic N) is 3. The van der Waals surface area contributed by atoms with Crippen LogP contribution in [0.15, 0.2) is 12.4 Å². The molecule has 1 aromatic rings. The van der Waals surface area contributed by atoms with Gasteiger partial charge in [0.15, 0.2) is 0 Å². The lowest BCUT2D eigenvalue weighted by atomic mass is 10.2. The predicted molar refractivity (Wildman–Crippen MR) is 69.1 cm³/mol. The number of anilines is 1. The molecule has 0 radical (unpaired) electrons. The van der Waals surface area contributed by atoms with Crippen molar-refractivity contribution in [3.8, 4) is 0 Å². The quantitative estimate of drug-likeness (QED) is 0.810. The number of hydrogen-bond acceptors (Lipinski definition) is 5. The molecule has 0 atom stereocenters. The first-order valence-corrected chi connectivity index (χ1v) is 5.90. The van der Waals surface area contributed by atoms with Gasteiger partial charge in [-0.2, -0.15) is 0 Å². The molecular weight excluding hydrogens is 232 g/mol. The Balaban J connectivity index is 2.77. The molecule has 1 rings (SSSR count). The minimum atomic E-state index is -0.145. The standard InChI is InChI=1S/C12H20N4O2/c1-9(2)8-16(4-5-18-3)12(17)10-6-15-11(13)7-14-10/h6-7,9H,4-5,8H2,1-3H3,(H2,13,15). The smallest absolute Gasteiger partial charge is 0.274 e. The van der Waals surface area contributed by atoms with Gasteiger partial charge in [0, 0.05) is 20.2 Å². The largest absolute Gasteiger partial charge is 0.383 e. The first-order valence-electron chi connectivity index (χ1n) is 5.90. The van der Waals surface area contributed by atoms with E-state index in [2.05, 4.69) is 23.8 Å². The van der Waals surface area contributed by atoms with Crippen molar-refractivity contribution in [2.75, 3.05) is 32.5 Å². The minimum Gasteiger partial charge on any atom is -0.383 e. The van der Waals surface area contributed by atoms with Crippen LogP contribution in [0.5, 0.6) is 0 Å². The van der Waals surface area contributed by atoms with Crippen LogP contribution in [0, 0.1) is 5.92 Å². The van der Waals surface area contributed by atoms with Gasteiger partial charge in [-0.15, -0.1) is 0 Å². The number of carbonyl (C=O) groups excluding carboxylic acids is 1. The lowest BCUT2D eigenvalue weighted by Gasteiger charge is -2.23. The van der Waals surface area contributed by atoms with Gasteiger partial charge in [-0.3, -0.25) is 4.79 Å². The predicted octanol–water partition coefficient (Wildman–Crippen LogP) is 0.803. The summed E-state index contributed by atoms with van der Waals surface area (Å²) in [7, 11) is 1.61. The summed E-state index contributed by atoms with van der Waals surface area (Å²) >= 11 is 0. The number of carbonyl (C=O) groups is 1. The van der Waals surface area contributed by atoms with Crippen LogP contribution < -0.4 is 5.73 Å². The number of amides is 1. The van der Waals surface area contributed by atoms with Gasteiger partial charge in [0.25, 0.3) is 5.91 Å². The highest BCUT2D eigenvalue weighted by molar-refractivity contribution is 5.92. The molecule has 0 unspecified atom stereocenters. The third-order valence-electron chi connectivity index (χ3n) is 2.33. The monoisotopic (exact) mass is 252 g/mol. The first kappa shape index (κ1) is 14.4. The highest BCUT2D eigenvalue weighted by atomic mass is 16.5. The maximum Gasteiger partial charge on any atom is 0.274 e. The van der Waals surface area contributed by atoms with Crippen LogP contribution in [0.25, 0.3) is 0 Å². The van der Waals surface area contributed by atoms with Crippen molar-refractivity contribution in [2.45, 2.75) is 13.8 Å². The highest BCUT2D eigenvalue weighted by Crippen LogP contribution is 2.05. The summed E-state index contributed by atoms with van der Waals surface area (Å²) < 4.78 is 5.01. The third-order valence-corrected chi connectivity index (χ3v) is 2.33. The first-order chi connectivity index (χ1) is 8.54. The second kappa shape index (κ2) is 6.90. The third kappa shape index (κ3) is 4.29. The zero-order chi connectivity index (χ0) is 13.5. The molecule has 0 saturated heterocycles.